The number of para-hydroxylation sites is 1. The van der Waals surface area contributed by atoms with Crippen molar-refractivity contribution in [3.05, 3.63) is 66.4 Å². The standard InChI is InChI=1S/C24H26N4O/c1-2-4-21-20(3-1)22-23(28(17-26-22)16-18-5-6-18)24(29-21)9-13-27(14-10-24)15-19-7-11-25-12-8-19/h1-4,7-8,11-12,17-18H,5-6,9-10,13-16H2. The molecule has 1 aromatic carbocycles. The Kier molecular flexibility index (Phi) is 3.98. The van der Waals surface area contributed by atoms with Gasteiger partial charge in [0.25, 0.3) is 0 Å². The fourth-order valence-electron chi connectivity index (χ4n) is 4.94. The second-order valence-electron chi connectivity index (χ2n) is 8.76. The Labute approximate surface area is 171 Å². The van der Waals surface area contributed by atoms with Crippen molar-refractivity contribution in [2.75, 3.05) is 13.1 Å². The predicted octanol–water partition coefficient (Wildman–Crippen LogP) is 4.24. The topological polar surface area (TPSA) is 43.2 Å². The van der Waals surface area contributed by atoms with Crippen LogP contribution in [0.5, 0.6) is 5.75 Å². The molecule has 29 heavy (non-hydrogen) atoms. The molecule has 1 saturated heterocycles. The van der Waals surface area contributed by atoms with E-state index in [0.717, 1.165) is 61.9 Å². The summed E-state index contributed by atoms with van der Waals surface area (Å²) >= 11 is 0. The molecule has 0 amide bonds. The minimum absolute atomic E-state index is 0.260. The molecular formula is C24H26N4O. The van der Waals surface area contributed by atoms with Crippen LogP contribution in [0, 0.1) is 5.92 Å². The molecule has 1 saturated carbocycles. The van der Waals surface area contributed by atoms with Crippen molar-refractivity contribution in [3.8, 4) is 17.0 Å². The molecule has 0 N–H and O–H groups in total. The van der Waals surface area contributed by atoms with E-state index in [0.29, 0.717) is 0 Å². The van der Waals surface area contributed by atoms with Crippen LogP contribution in [0.15, 0.2) is 55.1 Å². The van der Waals surface area contributed by atoms with Gasteiger partial charge in [0.15, 0.2) is 5.60 Å². The highest BCUT2D eigenvalue weighted by Crippen LogP contribution is 2.49. The van der Waals surface area contributed by atoms with E-state index in [1.54, 1.807) is 0 Å². The predicted molar refractivity (Wildman–Crippen MR) is 111 cm³/mol. The molecule has 148 valence electrons. The van der Waals surface area contributed by atoms with Crippen LogP contribution in [0.25, 0.3) is 11.3 Å². The molecule has 2 aromatic heterocycles. The van der Waals surface area contributed by atoms with Crippen molar-refractivity contribution in [1.82, 2.24) is 19.4 Å². The summed E-state index contributed by atoms with van der Waals surface area (Å²) in [7, 11) is 0. The molecule has 2 aliphatic heterocycles. The zero-order valence-electron chi connectivity index (χ0n) is 16.6. The largest absolute Gasteiger partial charge is 0.480 e. The van der Waals surface area contributed by atoms with Crippen molar-refractivity contribution in [2.45, 2.75) is 44.4 Å². The Bertz CT molecular complexity index is 1020. The van der Waals surface area contributed by atoms with Gasteiger partial charge in [-0.1, -0.05) is 12.1 Å². The van der Waals surface area contributed by atoms with Crippen molar-refractivity contribution in [3.63, 3.8) is 0 Å². The van der Waals surface area contributed by atoms with Gasteiger partial charge in [-0.15, -0.1) is 0 Å². The van der Waals surface area contributed by atoms with Crippen LogP contribution in [-0.2, 0) is 18.7 Å². The Hall–Kier alpha value is -2.66. The second-order valence-corrected chi connectivity index (χ2v) is 8.76. The van der Waals surface area contributed by atoms with E-state index >= 15 is 0 Å². The molecular weight excluding hydrogens is 360 g/mol. The lowest BCUT2D eigenvalue weighted by atomic mass is 9.83. The van der Waals surface area contributed by atoms with Gasteiger partial charge in [0.1, 0.15) is 5.75 Å². The van der Waals surface area contributed by atoms with Gasteiger partial charge >= 0.3 is 0 Å². The molecule has 3 aromatic rings. The maximum atomic E-state index is 6.79. The number of rotatable bonds is 4. The van der Waals surface area contributed by atoms with Crippen molar-refractivity contribution in [1.29, 1.82) is 0 Å². The summed E-state index contributed by atoms with van der Waals surface area (Å²) in [5, 5.41) is 0. The quantitative estimate of drug-likeness (QED) is 0.673. The first kappa shape index (κ1) is 17.2. The van der Waals surface area contributed by atoms with Crippen LogP contribution in [0.3, 0.4) is 0 Å². The third kappa shape index (κ3) is 3.04. The maximum absolute atomic E-state index is 6.79. The lowest BCUT2D eigenvalue weighted by Crippen LogP contribution is -2.48. The normalized spacial score (nSPS) is 20.1. The van der Waals surface area contributed by atoms with Gasteiger partial charge < -0.3 is 9.30 Å². The second kappa shape index (κ2) is 6.70. The Morgan fingerprint density at radius 1 is 1.03 bits per heavy atom. The summed E-state index contributed by atoms with van der Waals surface area (Å²) in [6.07, 6.45) is 10.5. The molecule has 0 radical (unpaired) electrons. The number of likely N-dealkylation sites (tertiary alicyclic amines) is 1. The number of piperidine rings is 1. The number of fused-ring (bicyclic) bond motifs is 4. The van der Waals surface area contributed by atoms with E-state index in [1.807, 2.05) is 12.4 Å². The van der Waals surface area contributed by atoms with Crippen LogP contribution in [0.4, 0.5) is 0 Å². The molecule has 0 bridgehead atoms. The molecule has 0 atom stereocenters. The van der Waals surface area contributed by atoms with E-state index < -0.39 is 0 Å². The maximum Gasteiger partial charge on any atom is 0.153 e. The lowest BCUT2D eigenvalue weighted by molar-refractivity contribution is -0.0131. The molecule has 1 aliphatic carbocycles. The van der Waals surface area contributed by atoms with E-state index in [2.05, 4.69) is 57.2 Å². The van der Waals surface area contributed by atoms with Gasteiger partial charge in [-0.05, 0) is 48.6 Å². The van der Waals surface area contributed by atoms with Gasteiger partial charge in [-0.2, -0.15) is 0 Å². The van der Waals surface area contributed by atoms with Gasteiger partial charge in [0.2, 0.25) is 0 Å². The minimum Gasteiger partial charge on any atom is -0.480 e. The van der Waals surface area contributed by atoms with Crippen molar-refractivity contribution >= 4 is 0 Å². The first-order valence-corrected chi connectivity index (χ1v) is 10.8. The number of pyridine rings is 1. The van der Waals surface area contributed by atoms with E-state index in [4.69, 9.17) is 9.72 Å². The molecule has 2 fully saturated rings. The summed E-state index contributed by atoms with van der Waals surface area (Å²) in [6, 6.07) is 12.6. The average Bonchev–Trinajstić information content (AvgIpc) is 3.47. The third-order valence-corrected chi connectivity index (χ3v) is 6.69. The minimum atomic E-state index is -0.260. The highest BCUT2D eigenvalue weighted by atomic mass is 16.5. The zero-order valence-corrected chi connectivity index (χ0v) is 16.6. The summed E-state index contributed by atoms with van der Waals surface area (Å²) < 4.78 is 9.19. The first-order valence-electron chi connectivity index (χ1n) is 10.8. The third-order valence-electron chi connectivity index (χ3n) is 6.69. The Balaban J connectivity index is 1.32. The summed E-state index contributed by atoms with van der Waals surface area (Å²) in [5.41, 5.74) is 4.65. The van der Waals surface area contributed by atoms with Crippen LogP contribution in [0.1, 0.15) is 36.9 Å². The van der Waals surface area contributed by atoms with E-state index in [9.17, 15) is 0 Å². The molecule has 6 rings (SSSR count). The van der Waals surface area contributed by atoms with Gasteiger partial charge in [0.05, 0.1) is 17.7 Å². The van der Waals surface area contributed by atoms with Gasteiger partial charge in [-0.25, -0.2) is 4.98 Å². The lowest BCUT2D eigenvalue weighted by Gasteiger charge is -2.44. The Morgan fingerprint density at radius 3 is 2.62 bits per heavy atom. The fraction of sp³-hybridized carbons (Fsp3) is 0.417. The van der Waals surface area contributed by atoms with E-state index in [1.165, 1.54) is 24.1 Å². The van der Waals surface area contributed by atoms with Gasteiger partial charge in [0, 0.05) is 57.0 Å². The number of aromatic nitrogens is 3. The van der Waals surface area contributed by atoms with Crippen molar-refractivity contribution in [2.24, 2.45) is 5.92 Å². The number of nitrogens with zero attached hydrogens (tertiary/aromatic N) is 4. The smallest absolute Gasteiger partial charge is 0.153 e. The molecule has 1 spiro atoms. The average molecular weight is 386 g/mol. The summed E-state index contributed by atoms with van der Waals surface area (Å²) in [4.78, 5) is 11.5. The molecule has 5 heteroatoms. The highest BCUT2D eigenvalue weighted by Gasteiger charge is 2.46. The number of benzene rings is 1. The number of ether oxygens (including phenoxy) is 1. The van der Waals surface area contributed by atoms with Crippen LogP contribution >= 0.6 is 0 Å². The van der Waals surface area contributed by atoms with Crippen LogP contribution < -0.4 is 4.74 Å². The van der Waals surface area contributed by atoms with Crippen LogP contribution in [-0.4, -0.2) is 32.5 Å². The zero-order chi connectivity index (χ0) is 19.3. The molecule has 3 aliphatic rings. The van der Waals surface area contributed by atoms with E-state index in [-0.39, 0.29) is 5.60 Å². The fourth-order valence-corrected chi connectivity index (χ4v) is 4.94. The van der Waals surface area contributed by atoms with Gasteiger partial charge in [-0.3, -0.25) is 9.88 Å². The first-order chi connectivity index (χ1) is 14.3. The number of hydrogen-bond acceptors (Lipinski definition) is 4. The monoisotopic (exact) mass is 386 g/mol. The SMILES string of the molecule is c1ccc2c(c1)OC1(CCN(Cc3ccncc3)CC1)c1c-2ncn1CC1CC1. The van der Waals surface area contributed by atoms with Crippen molar-refractivity contribution < 1.29 is 4.74 Å². The molecule has 5 nitrogen and oxygen atoms in total. The summed E-state index contributed by atoms with van der Waals surface area (Å²) in [6.45, 7) is 4.11. The Morgan fingerprint density at radius 2 is 1.83 bits per heavy atom. The number of hydrogen-bond donors (Lipinski definition) is 0. The molecule has 4 heterocycles. The highest BCUT2D eigenvalue weighted by molar-refractivity contribution is 5.72. The number of imidazole rings is 1. The molecule has 0 unspecified atom stereocenters. The van der Waals surface area contributed by atoms with Crippen LogP contribution in [0.2, 0.25) is 0 Å². The summed E-state index contributed by atoms with van der Waals surface area (Å²) in [5.74, 6) is 1.80.